The molecular weight excluding hydrogens is 335 g/mol. The molecule has 0 saturated carbocycles. The van der Waals surface area contributed by atoms with E-state index in [-0.39, 0.29) is 11.6 Å². The van der Waals surface area contributed by atoms with Crippen LogP contribution in [-0.2, 0) is 16.6 Å². The van der Waals surface area contributed by atoms with Crippen LogP contribution in [0.5, 0.6) is 0 Å². The fourth-order valence-corrected chi connectivity index (χ4v) is 3.72. The maximum Gasteiger partial charge on any atom is 0.213 e. The lowest BCUT2D eigenvalue weighted by atomic mass is 10.3. The summed E-state index contributed by atoms with van der Waals surface area (Å²) in [6.45, 7) is 4.33. The lowest BCUT2D eigenvalue weighted by molar-refractivity contribution is 0.177. The van der Waals surface area contributed by atoms with Gasteiger partial charge in [0, 0.05) is 26.2 Å². The Kier molecular flexibility index (Phi) is 4.88. The standard InChI is InChI=1S/C14H19FN6O2S/c1-2-24(22,23)20-9-7-19(8-10-20)11-14-16-17-18-21(14)13-5-3-12(15)4-6-13/h3-6H,2,7-11H2,1H3. The zero-order chi connectivity index (χ0) is 17.2. The first-order valence-corrected chi connectivity index (χ1v) is 9.34. The van der Waals surface area contributed by atoms with E-state index >= 15 is 0 Å². The molecule has 1 aromatic carbocycles. The minimum Gasteiger partial charge on any atom is -0.293 e. The van der Waals surface area contributed by atoms with Gasteiger partial charge in [-0.05, 0) is 41.6 Å². The maximum absolute atomic E-state index is 13.0. The molecule has 0 spiro atoms. The van der Waals surface area contributed by atoms with Crippen molar-refractivity contribution in [3.05, 3.63) is 35.9 Å². The Morgan fingerprint density at radius 2 is 1.79 bits per heavy atom. The molecule has 24 heavy (non-hydrogen) atoms. The molecule has 10 heteroatoms. The van der Waals surface area contributed by atoms with Crippen LogP contribution in [-0.4, -0.2) is 69.8 Å². The first kappa shape index (κ1) is 16.9. The highest BCUT2D eigenvalue weighted by molar-refractivity contribution is 7.89. The first-order chi connectivity index (χ1) is 11.5. The molecule has 1 aliphatic rings. The van der Waals surface area contributed by atoms with Crippen LogP contribution in [0.15, 0.2) is 24.3 Å². The average Bonchev–Trinajstić information content (AvgIpc) is 3.04. The van der Waals surface area contributed by atoms with Gasteiger partial charge in [0.15, 0.2) is 5.82 Å². The number of hydrogen-bond acceptors (Lipinski definition) is 6. The molecule has 8 nitrogen and oxygen atoms in total. The molecule has 0 unspecified atom stereocenters. The van der Waals surface area contributed by atoms with Gasteiger partial charge in [0.05, 0.1) is 18.0 Å². The second kappa shape index (κ2) is 6.91. The van der Waals surface area contributed by atoms with E-state index in [0.29, 0.717) is 44.2 Å². The predicted octanol–water partition coefficient (Wildman–Crippen LogP) is 0.269. The summed E-state index contributed by atoms with van der Waals surface area (Å²) in [5.41, 5.74) is 0.684. The van der Waals surface area contributed by atoms with E-state index in [1.165, 1.54) is 16.4 Å². The van der Waals surface area contributed by atoms with Crippen molar-refractivity contribution in [1.82, 2.24) is 29.4 Å². The molecule has 1 aliphatic heterocycles. The van der Waals surface area contributed by atoms with Crippen LogP contribution in [0.1, 0.15) is 12.7 Å². The minimum atomic E-state index is -3.14. The fourth-order valence-electron chi connectivity index (χ4n) is 2.64. The van der Waals surface area contributed by atoms with Gasteiger partial charge in [0.2, 0.25) is 10.0 Å². The Hall–Kier alpha value is -1.91. The zero-order valence-electron chi connectivity index (χ0n) is 13.3. The number of nitrogens with zero attached hydrogens (tertiary/aromatic N) is 6. The van der Waals surface area contributed by atoms with Crippen LogP contribution >= 0.6 is 0 Å². The third-order valence-electron chi connectivity index (χ3n) is 4.06. The molecule has 130 valence electrons. The monoisotopic (exact) mass is 354 g/mol. The van der Waals surface area contributed by atoms with E-state index in [4.69, 9.17) is 0 Å². The maximum atomic E-state index is 13.0. The van der Waals surface area contributed by atoms with E-state index in [2.05, 4.69) is 20.4 Å². The van der Waals surface area contributed by atoms with Crippen LogP contribution < -0.4 is 0 Å². The summed E-state index contributed by atoms with van der Waals surface area (Å²) in [5.74, 6) is 0.436. The van der Waals surface area contributed by atoms with Crippen molar-refractivity contribution in [2.75, 3.05) is 31.9 Å². The van der Waals surface area contributed by atoms with Crippen LogP contribution in [0.2, 0.25) is 0 Å². The highest BCUT2D eigenvalue weighted by Crippen LogP contribution is 2.13. The number of aromatic nitrogens is 4. The van der Waals surface area contributed by atoms with Gasteiger partial charge in [0.25, 0.3) is 0 Å². The lowest BCUT2D eigenvalue weighted by Gasteiger charge is -2.33. The summed E-state index contributed by atoms with van der Waals surface area (Å²) in [4.78, 5) is 2.10. The molecule has 2 heterocycles. The van der Waals surface area contributed by atoms with Crippen LogP contribution in [0.3, 0.4) is 0 Å². The molecule has 0 N–H and O–H groups in total. The van der Waals surface area contributed by atoms with Gasteiger partial charge < -0.3 is 0 Å². The molecule has 1 aromatic heterocycles. The van der Waals surface area contributed by atoms with Crippen molar-refractivity contribution in [3.63, 3.8) is 0 Å². The molecule has 0 atom stereocenters. The summed E-state index contributed by atoms with van der Waals surface area (Å²) in [6.07, 6.45) is 0. The molecule has 0 amide bonds. The van der Waals surface area contributed by atoms with E-state index in [0.717, 1.165) is 0 Å². The fraction of sp³-hybridized carbons (Fsp3) is 0.500. The number of rotatable bonds is 5. The molecule has 0 radical (unpaired) electrons. The SMILES string of the molecule is CCS(=O)(=O)N1CCN(Cc2nnnn2-c2ccc(F)cc2)CC1. The van der Waals surface area contributed by atoms with Gasteiger partial charge in [0.1, 0.15) is 5.82 Å². The Labute approximate surface area is 139 Å². The Morgan fingerprint density at radius 1 is 1.12 bits per heavy atom. The molecule has 1 saturated heterocycles. The van der Waals surface area contributed by atoms with E-state index in [1.807, 2.05) is 0 Å². The van der Waals surface area contributed by atoms with Crippen molar-refractivity contribution in [1.29, 1.82) is 0 Å². The number of piperazine rings is 1. The Bertz CT molecular complexity index is 784. The van der Waals surface area contributed by atoms with Crippen molar-refractivity contribution in [2.24, 2.45) is 0 Å². The first-order valence-electron chi connectivity index (χ1n) is 7.73. The van der Waals surface area contributed by atoms with Crippen molar-refractivity contribution in [2.45, 2.75) is 13.5 Å². The number of sulfonamides is 1. The predicted molar refractivity (Wildman–Crippen MR) is 85.4 cm³/mol. The van der Waals surface area contributed by atoms with Gasteiger partial charge in [-0.2, -0.15) is 8.99 Å². The smallest absolute Gasteiger partial charge is 0.213 e. The second-order valence-corrected chi connectivity index (χ2v) is 7.82. The van der Waals surface area contributed by atoms with Crippen molar-refractivity contribution < 1.29 is 12.8 Å². The second-order valence-electron chi connectivity index (χ2n) is 5.56. The summed E-state index contributed by atoms with van der Waals surface area (Å²) < 4.78 is 39.9. The quantitative estimate of drug-likeness (QED) is 0.766. The Balaban J connectivity index is 1.66. The van der Waals surface area contributed by atoms with Crippen LogP contribution in [0.4, 0.5) is 4.39 Å². The third-order valence-corrected chi connectivity index (χ3v) is 5.94. The van der Waals surface area contributed by atoms with Crippen LogP contribution in [0, 0.1) is 5.82 Å². The highest BCUT2D eigenvalue weighted by atomic mass is 32.2. The van der Waals surface area contributed by atoms with Gasteiger partial charge in [-0.15, -0.1) is 5.10 Å². The molecule has 0 bridgehead atoms. The van der Waals surface area contributed by atoms with E-state index in [1.54, 1.807) is 23.7 Å². The van der Waals surface area contributed by atoms with Gasteiger partial charge >= 0.3 is 0 Å². The third kappa shape index (κ3) is 3.60. The summed E-state index contributed by atoms with van der Waals surface area (Å²) >= 11 is 0. The number of benzene rings is 1. The topological polar surface area (TPSA) is 84.2 Å². The zero-order valence-corrected chi connectivity index (χ0v) is 14.2. The van der Waals surface area contributed by atoms with E-state index in [9.17, 15) is 12.8 Å². The summed E-state index contributed by atoms with van der Waals surface area (Å²) in [5, 5.41) is 11.7. The highest BCUT2D eigenvalue weighted by Gasteiger charge is 2.26. The molecule has 0 aliphatic carbocycles. The summed E-state index contributed by atoms with van der Waals surface area (Å²) in [6, 6.07) is 5.94. The number of hydrogen-bond donors (Lipinski definition) is 0. The Morgan fingerprint density at radius 3 is 2.42 bits per heavy atom. The summed E-state index contributed by atoms with van der Waals surface area (Å²) in [7, 11) is -3.14. The molecular formula is C14H19FN6O2S. The molecule has 2 aromatic rings. The number of halogens is 1. The van der Waals surface area contributed by atoms with Crippen molar-refractivity contribution >= 4 is 10.0 Å². The normalized spacial score (nSPS) is 17.2. The van der Waals surface area contributed by atoms with Gasteiger partial charge in [-0.25, -0.2) is 12.8 Å². The van der Waals surface area contributed by atoms with Gasteiger partial charge in [-0.1, -0.05) is 0 Å². The largest absolute Gasteiger partial charge is 0.293 e. The van der Waals surface area contributed by atoms with Crippen LogP contribution in [0.25, 0.3) is 5.69 Å². The molecule has 3 rings (SSSR count). The number of tetrazole rings is 1. The minimum absolute atomic E-state index is 0.121. The lowest BCUT2D eigenvalue weighted by Crippen LogP contribution is -2.48. The molecule has 1 fully saturated rings. The van der Waals surface area contributed by atoms with Crippen molar-refractivity contribution in [3.8, 4) is 5.69 Å². The van der Waals surface area contributed by atoms with Gasteiger partial charge in [-0.3, -0.25) is 4.90 Å². The average molecular weight is 354 g/mol. The van der Waals surface area contributed by atoms with E-state index < -0.39 is 10.0 Å².